The number of nitrogens with zero attached hydrogens (tertiary/aromatic N) is 4. The van der Waals surface area contributed by atoms with Crippen LogP contribution in [-0.4, -0.2) is 40.1 Å². The summed E-state index contributed by atoms with van der Waals surface area (Å²) in [4.78, 5) is 17.9. The Labute approximate surface area is 185 Å². The zero-order valence-electron chi connectivity index (χ0n) is 18.0. The van der Waals surface area contributed by atoms with Gasteiger partial charge in [0.2, 0.25) is 0 Å². The van der Waals surface area contributed by atoms with Crippen LogP contribution in [0.5, 0.6) is 0 Å². The molecule has 4 rings (SSSR count). The van der Waals surface area contributed by atoms with Crippen LogP contribution in [0.3, 0.4) is 0 Å². The van der Waals surface area contributed by atoms with E-state index in [1.54, 1.807) is 32.4 Å². The SMILES string of the molecule is Cc1cc(C#N)ccc1-c1ccnc(NCc2cc(-c3ccc(C(=O)N(C)C)o3)[nH]n2)c1. The van der Waals surface area contributed by atoms with E-state index in [2.05, 4.69) is 26.6 Å². The molecule has 1 amide bonds. The molecule has 8 heteroatoms. The van der Waals surface area contributed by atoms with Crippen molar-refractivity contribution in [3.8, 4) is 28.7 Å². The van der Waals surface area contributed by atoms with Gasteiger partial charge in [0, 0.05) is 20.3 Å². The first-order valence-electron chi connectivity index (χ1n) is 10.0. The Morgan fingerprint density at radius 2 is 2.03 bits per heavy atom. The van der Waals surface area contributed by atoms with E-state index in [9.17, 15) is 4.79 Å². The molecular weight excluding hydrogens is 404 g/mol. The molecule has 0 saturated carbocycles. The highest BCUT2D eigenvalue weighted by Gasteiger charge is 2.15. The minimum absolute atomic E-state index is 0.193. The van der Waals surface area contributed by atoms with E-state index in [1.807, 2.05) is 43.3 Å². The Morgan fingerprint density at radius 3 is 2.78 bits per heavy atom. The van der Waals surface area contributed by atoms with Gasteiger partial charge in [-0.2, -0.15) is 10.4 Å². The van der Waals surface area contributed by atoms with Crippen molar-refractivity contribution in [1.29, 1.82) is 5.26 Å². The molecule has 0 saturated heterocycles. The topological polar surface area (TPSA) is 111 Å². The lowest BCUT2D eigenvalue weighted by Crippen LogP contribution is -2.20. The fourth-order valence-electron chi connectivity index (χ4n) is 3.33. The number of amides is 1. The average molecular weight is 426 g/mol. The van der Waals surface area contributed by atoms with E-state index in [1.165, 1.54) is 4.90 Å². The zero-order chi connectivity index (χ0) is 22.7. The molecule has 0 fully saturated rings. The third-order valence-electron chi connectivity index (χ3n) is 5.00. The molecule has 0 spiro atoms. The molecule has 0 bridgehead atoms. The lowest BCUT2D eigenvalue weighted by Gasteiger charge is -2.09. The Bertz CT molecular complexity index is 1310. The summed E-state index contributed by atoms with van der Waals surface area (Å²) >= 11 is 0. The molecule has 3 aromatic heterocycles. The van der Waals surface area contributed by atoms with E-state index < -0.39 is 0 Å². The van der Waals surface area contributed by atoms with Gasteiger partial charge in [-0.05, 0) is 66.1 Å². The number of aromatic nitrogens is 3. The number of anilines is 1. The first-order chi connectivity index (χ1) is 15.4. The first-order valence-corrected chi connectivity index (χ1v) is 10.0. The zero-order valence-corrected chi connectivity index (χ0v) is 18.0. The van der Waals surface area contributed by atoms with Crippen molar-refractivity contribution in [2.75, 3.05) is 19.4 Å². The summed E-state index contributed by atoms with van der Waals surface area (Å²) in [7, 11) is 3.35. The van der Waals surface area contributed by atoms with Crippen molar-refractivity contribution in [3.05, 3.63) is 77.3 Å². The highest BCUT2D eigenvalue weighted by atomic mass is 16.4. The molecule has 3 heterocycles. The van der Waals surface area contributed by atoms with Gasteiger partial charge >= 0.3 is 0 Å². The Morgan fingerprint density at radius 1 is 1.19 bits per heavy atom. The van der Waals surface area contributed by atoms with Gasteiger partial charge in [0.15, 0.2) is 11.5 Å². The molecule has 0 radical (unpaired) electrons. The third-order valence-corrected chi connectivity index (χ3v) is 5.00. The normalized spacial score (nSPS) is 10.6. The molecule has 32 heavy (non-hydrogen) atoms. The molecule has 0 aliphatic heterocycles. The molecule has 0 atom stereocenters. The highest BCUT2D eigenvalue weighted by Crippen LogP contribution is 2.26. The minimum Gasteiger partial charge on any atom is -0.449 e. The van der Waals surface area contributed by atoms with Crippen LogP contribution in [-0.2, 0) is 6.54 Å². The summed E-state index contributed by atoms with van der Waals surface area (Å²) in [5.74, 6) is 1.34. The van der Waals surface area contributed by atoms with Crippen LogP contribution in [0, 0.1) is 18.3 Å². The number of pyridine rings is 1. The summed E-state index contributed by atoms with van der Waals surface area (Å²) in [5.41, 5.74) is 5.21. The van der Waals surface area contributed by atoms with Crippen molar-refractivity contribution in [3.63, 3.8) is 0 Å². The van der Waals surface area contributed by atoms with Crippen molar-refractivity contribution >= 4 is 11.7 Å². The Hall–Kier alpha value is -4.38. The molecule has 8 nitrogen and oxygen atoms in total. The predicted octanol–water partition coefficient (Wildman–Crippen LogP) is 4.23. The molecule has 4 aromatic rings. The highest BCUT2D eigenvalue weighted by molar-refractivity contribution is 5.91. The van der Waals surface area contributed by atoms with Crippen LogP contribution in [0.2, 0.25) is 0 Å². The van der Waals surface area contributed by atoms with Gasteiger partial charge < -0.3 is 14.6 Å². The number of hydrogen-bond donors (Lipinski definition) is 2. The third kappa shape index (κ3) is 4.37. The van der Waals surface area contributed by atoms with Gasteiger partial charge in [0.1, 0.15) is 11.5 Å². The molecule has 1 aromatic carbocycles. The van der Waals surface area contributed by atoms with Crippen molar-refractivity contribution in [1.82, 2.24) is 20.1 Å². The Balaban J connectivity index is 1.45. The van der Waals surface area contributed by atoms with Crippen molar-refractivity contribution < 1.29 is 9.21 Å². The monoisotopic (exact) mass is 426 g/mol. The van der Waals surface area contributed by atoms with Crippen LogP contribution >= 0.6 is 0 Å². The smallest absolute Gasteiger partial charge is 0.289 e. The van der Waals surface area contributed by atoms with Gasteiger partial charge in [0.05, 0.1) is 23.9 Å². The Kier molecular flexibility index (Phi) is 5.73. The second kappa shape index (κ2) is 8.78. The molecule has 0 aliphatic carbocycles. The molecule has 160 valence electrons. The summed E-state index contributed by atoms with van der Waals surface area (Å²) in [6.45, 7) is 2.45. The second-order valence-corrected chi connectivity index (χ2v) is 7.56. The maximum atomic E-state index is 12.0. The van der Waals surface area contributed by atoms with Gasteiger partial charge in [0.25, 0.3) is 5.91 Å². The van der Waals surface area contributed by atoms with Crippen LogP contribution in [0.4, 0.5) is 5.82 Å². The standard InChI is InChI=1S/C24H22N6O2/c1-15-10-16(13-25)4-5-19(15)17-8-9-26-23(11-17)27-14-18-12-20(29-28-18)21-6-7-22(32-21)24(31)30(2)3/h4-12H,14H2,1-3H3,(H,26,27)(H,28,29). The summed E-state index contributed by atoms with van der Waals surface area (Å²) in [5, 5.41) is 19.6. The molecule has 0 aliphatic rings. The number of rotatable bonds is 6. The number of hydrogen-bond acceptors (Lipinski definition) is 6. The number of aromatic amines is 1. The van der Waals surface area contributed by atoms with E-state index in [-0.39, 0.29) is 11.7 Å². The molecular formula is C24H22N6O2. The van der Waals surface area contributed by atoms with E-state index in [0.717, 1.165) is 22.4 Å². The van der Waals surface area contributed by atoms with Crippen LogP contribution < -0.4 is 5.32 Å². The van der Waals surface area contributed by atoms with Gasteiger partial charge in [-0.3, -0.25) is 9.89 Å². The summed E-state index contributed by atoms with van der Waals surface area (Å²) in [6.07, 6.45) is 1.75. The fraction of sp³-hybridized carbons (Fsp3) is 0.167. The maximum Gasteiger partial charge on any atom is 0.289 e. The summed E-state index contributed by atoms with van der Waals surface area (Å²) < 4.78 is 5.65. The van der Waals surface area contributed by atoms with Crippen LogP contribution in [0.1, 0.15) is 27.4 Å². The fourth-order valence-corrected chi connectivity index (χ4v) is 3.33. The number of nitrogens with one attached hydrogen (secondary N) is 2. The molecule has 2 N–H and O–H groups in total. The van der Waals surface area contributed by atoms with Gasteiger partial charge in [-0.15, -0.1) is 0 Å². The predicted molar refractivity (Wildman–Crippen MR) is 121 cm³/mol. The van der Waals surface area contributed by atoms with Crippen molar-refractivity contribution in [2.24, 2.45) is 0 Å². The van der Waals surface area contributed by atoms with Crippen LogP contribution in [0.25, 0.3) is 22.6 Å². The summed E-state index contributed by atoms with van der Waals surface area (Å²) in [6, 6.07) is 17.0. The number of furan rings is 1. The largest absolute Gasteiger partial charge is 0.449 e. The number of carbonyl (C=O) groups is 1. The van der Waals surface area contributed by atoms with Gasteiger partial charge in [-0.25, -0.2) is 4.98 Å². The number of nitriles is 1. The second-order valence-electron chi connectivity index (χ2n) is 7.56. The van der Waals surface area contributed by atoms with E-state index in [4.69, 9.17) is 9.68 Å². The number of H-pyrrole nitrogens is 1. The average Bonchev–Trinajstić information content (AvgIpc) is 3.47. The van der Waals surface area contributed by atoms with E-state index >= 15 is 0 Å². The maximum absolute atomic E-state index is 12.0. The number of carbonyl (C=O) groups excluding carboxylic acids is 1. The first kappa shape index (κ1) is 20.9. The van der Waals surface area contributed by atoms with Gasteiger partial charge in [-0.1, -0.05) is 6.07 Å². The molecule has 0 unspecified atom stereocenters. The van der Waals surface area contributed by atoms with E-state index in [0.29, 0.717) is 29.4 Å². The van der Waals surface area contributed by atoms with Crippen molar-refractivity contribution in [2.45, 2.75) is 13.5 Å². The van der Waals surface area contributed by atoms with Crippen LogP contribution in [0.15, 0.2) is 59.1 Å². The number of benzene rings is 1. The number of aryl methyl sites for hydroxylation is 1. The lowest BCUT2D eigenvalue weighted by atomic mass is 9.99. The quantitative estimate of drug-likeness (QED) is 0.477. The lowest BCUT2D eigenvalue weighted by molar-refractivity contribution is 0.0797. The minimum atomic E-state index is -0.193.